The second kappa shape index (κ2) is 6.89. The largest absolute Gasteiger partial charge is 0.444 e. The molecule has 0 bridgehead atoms. The molecule has 0 spiro atoms. The molecular formula is C16H18FNO3. The van der Waals surface area contributed by atoms with E-state index >= 15 is 0 Å². The van der Waals surface area contributed by atoms with Gasteiger partial charge in [0.25, 0.3) is 0 Å². The maximum Gasteiger partial charge on any atom is 0.408 e. The van der Waals surface area contributed by atoms with E-state index in [1.54, 1.807) is 20.8 Å². The van der Waals surface area contributed by atoms with Crippen molar-refractivity contribution in [2.24, 2.45) is 0 Å². The zero-order valence-corrected chi connectivity index (χ0v) is 12.5. The third kappa shape index (κ3) is 6.09. The molecular weight excluding hydrogens is 273 g/mol. The molecule has 1 rings (SSSR count). The molecule has 0 unspecified atom stereocenters. The van der Waals surface area contributed by atoms with Crippen LogP contribution < -0.4 is 5.32 Å². The van der Waals surface area contributed by atoms with Crippen molar-refractivity contribution in [3.05, 3.63) is 35.1 Å². The number of rotatable bonds is 2. The average Bonchev–Trinajstić information content (AvgIpc) is 2.32. The van der Waals surface area contributed by atoms with Gasteiger partial charge in [0, 0.05) is 11.1 Å². The lowest BCUT2D eigenvalue weighted by atomic mass is 10.0. The Morgan fingerprint density at radius 1 is 1.33 bits per heavy atom. The highest BCUT2D eigenvalue weighted by atomic mass is 19.1. The van der Waals surface area contributed by atoms with Crippen molar-refractivity contribution in [3.63, 3.8) is 0 Å². The number of amides is 1. The molecule has 4 nitrogen and oxygen atoms in total. The van der Waals surface area contributed by atoms with E-state index in [4.69, 9.17) is 4.74 Å². The molecule has 0 radical (unpaired) electrons. The Labute approximate surface area is 123 Å². The molecule has 112 valence electrons. The summed E-state index contributed by atoms with van der Waals surface area (Å²) in [6, 6.07) is 3.79. The molecule has 0 atom stereocenters. The first-order chi connectivity index (χ1) is 9.69. The van der Waals surface area contributed by atoms with Crippen LogP contribution in [0.25, 0.3) is 0 Å². The number of hydrogen-bond donors (Lipinski definition) is 1. The van der Waals surface area contributed by atoms with Gasteiger partial charge >= 0.3 is 6.09 Å². The van der Waals surface area contributed by atoms with Gasteiger partial charge in [-0.3, -0.25) is 4.79 Å². The maximum atomic E-state index is 13.2. The van der Waals surface area contributed by atoms with Crippen LogP contribution in [0.5, 0.6) is 0 Å². The second-order valence-corrected chi connectivity index (χ2v) is 5.40. The fraction of sp³-hybridized carbons (Fsp3) is 0.375. The maximum absolute atomic E-state index is 13.2. The summed E-state index contributed by atoms with van der Waals surface area (Å²) in [7, 11) is 0. The summed E-state index contributed by atoms with van der Waals surface area (Å²) in [4.78, 5) is 22.8. The highest BCUT2D eigenvalue weighted by Crippen LogP contribution is 2.11. The van der Waals surface area contributed by atoms with Crippen LogP contribution in [0.2, 0.25) is 0 Å². The zero-order chi connectivity index (χ0) is 16.0. The van der Waals surface area contributed by atoms with Crippen LogP contribution in [0.3, 0.4) is 0 Å². The number of nitrogens with one attached hydrogen (secondary N) is 1. The first kappa shape index (κ1) is 16.7. The highest BCUT2D eigenvalue weighted by Gasteiger charge is 2.15. The van der Waals surface area contributed by atoms with Gasteiger partial charge in [-0.05, 0) is 45.9 Å². The predicted octanol–water partition coefficient (Wildman–Crippen LogP) is 2.90. The summed E-state index contributed by atoms with van der Waals surface area (Å²) in [6.45, 7) is 6.69. The fourth-order valence-electron chi connectivity index (χ4n) is 1.50. The van der Waals surface area contributed by atoms with Crippen LogP contribution in [0.4, 0.5) is 9.18 Å². The van der Waals surface area contributed by atoms with Crippen molar-refractivity contribution in [1.82, 2.24) is 5.32 Å². The van der Waals surface area contributed by atoms with Gasteiger partial charge in [-0.15, -0.1) is 0 Å². The van der Waals surface area contributed by atoms with E-state index in [9.17, 15) is 14.0 Å². The van der Waals surface area contributed by atoms with Crippen LogP contribution in [-0.4, -0.2) is 24.0 Å². The molecule has 0 aliphatic carbocycles. The third-order valence-electron chi connectivity index (χ3n) is 2.30. The molecule has 0 heterocycles. The lowest BCUT2D eigenvalue weighted by molar-refractivity contribution is 0.0535. The van der Waals surface area contributed by atoms with E-state index in [0.29, 0.717) is 11.1 Å². The van der Waals surface area contributed by atoms with E-state index in [-0.39, 0.29) is 12.3 Å². The molecule has 0 fully saturated rings. The zero-order valence-electron chi connectivity index (χ0n) is 12.5. The molecule has 5 heteroatoms. The molecule has 0 aliphatic rings. The van der Waals surface area contributed by atoms with E-state index in [2.05, 4.69) is 17.2 Å². The van der Waals surface area contributed by atoms with Crippen LogP contribution in [-0.2, 0) is 4.74 Å². The van der Waals surface area contributed by atoms with Crippen molar-refractivity contribution in [3.8, 4) is 11.8 Å². The molecule has 1 aromatic carbocycles. The van der Waals surface area contributed by atoms with Crippen molar-refractivity contribution in [1.29, 1.82) is 0 Å². The average molecular weight is 291 g/mol. The van der Waals surface area contributed by atoms with Crippen molar-refractivity contribution < 1.29 is 18.7 Å². The summed E-state index contributed by atoms with van der Waals surface area (Å²) in [5.41, 5.74) is 0.0664. The van der Waals surface area contributed by atoms with Crippen LogP contribution in [0.15, 0.2) is 18.2 Å². The summed E-state index contributed by atoms with van der Waals surface area (Å²) in [6.07, 6.45) is -0.581. The first-order valence-electron chi connectivity index (χ1n) is 6.45. The summed E-state index contributed by atoms with van der Waals surface area (Å²) >= 11 is 0. The Morgan fingerprint density at radius 3 is 2.57 bits per heavy atom. The van der Waals surface area contributed by atoms with Crippen molar-refractivity contribution in [2.45, 2.75) is 33.3 Å². The second-order valence-electron chi connectivity index (χ2n) is 5.40. The number of carbonyl (C=O) groups is 2. The Bertz CT molecular complexity index is 606. The smallest absolute Gasteiger partial charge is 0.408 e. The Kier molecular flexibility index (Phi) is 5.48. The van der Waals surface area contributed by atoms with Gasteiger partial charge in [0.1, 0.15) is 11.4 Å². The Hall–Kier alpha value is -2.35. The Morgan fingerprint density at radius 2 is 2.00 bits per heavy atom. The van der Waals surface area contributed by atoms with E-state index in [1.165, 1.54) is 25.1 Å². The molecule has 0 aliphatic heterocycles. The number of halogens is 1. The summed E-state index contributed by atoms with van der Waals surface area (Å²) < 4.78 is 18.2. The van der Waals surface area contributed by atoms with Gasteiger partial charge in [-0.2, -0.15) is 0 Å². The number of ether oxygens (including phenoxy) is 1. The minimum absolute atomic E-state index is 0.0444. The van der Waals surface area contributed by atoms with Gasteiger partial charge in [-0.1, -0.05) is 11.8 Å². The molecule has 1 amide bonds. The molecule has 21 heavy (non-hydrogen) atoms. The number of Topliss-reactive ketones (excluding diaryl/α,β-unsaturated/α-hetero) is 1. The first-order valence-corrected chi connectivity index (χ1v) is 6.45. The molecule has 0 saturated heterocycles. The van der Waals surface area contributed by atoms with Gasteiger partial charge in [0.2, 0.25) is 0 Å². The third-order valence-corrected chi connectivity index (χ3v) is 2.30. The number of benzene rings is 1. The molecule has 0 aromatic heterocycles. The van der Waals surface area contributed by atoms with Crippen molar-refractivity contribution >= 4 is 11.9 Å². The van der Waals surface area contributed by atoms with Crippen LogP contribution in [0.1, 0.15) is 43.6 Å². The van der Waals surface area contributed by atoms with Gasteiger partial charge in [0.05, 0.1) is 6.54 Å². The number of carbonyl (C=O) groups excluding carboxylic acids is 2. The Balaban J connectivity index is 2.69. The van der Waals surface area contributed by atoms with Crippen LogP contribution in [0, 0.1) is 17.7 Å². The molecule has 1 N–H and O–H groups in total. The lowest BCUT2D eigenvalue weighted by Crippen LogP contribution is -2.32. The molecule has 1 aromatic rings. The quantitative estimate of drug-likeness (QED) is 0.673. The number of alkyl carbamates (subject to hydrolysis) is 1. The minimum Gasteiger partial charge on any atom is -0.444 e. The fourth-order valence-corrected chi connectivity index (χ4v) is 1.50. The SMILES string of the molecule is CC(=O)c1ccc(F)cc1C#CCNC(=O)OC(C)(C)C. The normalized spacial score (nSPS) is 10.3. The van der Waals surface area contributed by atoms with E-state index in [0.717, 1.165) is 0 Å². The molecule has 0 saturated carbocycles. The van der Waals surface area contributed by atoms with E-state index in [1.807, 2.05) is 0 Å². The summed E-state index contributed by atoms with van der Waals surface area (Å²) in [5, 5.41) is 2.46. The number of hydrogen-bond acceptors (Lipinski definition) is 3. The van der Waals surface area contributed by atoms with Crippen molar-refractivity contribution in [2.75, 3.05) is 6.54 Å². The standard InChI is InChI=1S/C16H18FNO3/c1-11(19)14-8-7-13(17)10-12(14)6-5-9-18-15(20)21-16(2,3)4/h7-8,10H,9H2,1-4H3,(H,18,20). The predicted molar refractivity (Wildman–Crippen MR) is 77.5 cm³/mol. The monoisotopic (exact) mass is 291 g/mol. The summed E-state index contributed by atoms with van der Waals surface area (Å²) in [5.74, 6) is 4.67. The lowest BCUT2D eigenvalue weighted by Gasteiger charge is -2.19. The highest BCUT2D eigenvalue weighted by molar-refractivity contribution is 5.96. The van der Waals surface area contributed by atoms with E-state index < -0.39 is 17.5 Å². The van der Waals surface area contributed by atoms with Crippen LogP contribution >= 0.6 is 0 Å². The minimum atomic E-state index is -0.581. The van der Waals surface area contributed by atoms with Gasteiger partial charge in [0.15, 0.2) is 5.78 Å². The van der Waals surface area contributed by atoms with Gasteiger partial charge < -0.3 is 10.1 Å². The van der Waals surface area contributed by atoms with Gasteiger partial charge in [-0.25, -0.2) is 9.18 Å². The topological polar surface area (TPSA) is 55.4 Å². The number of ketones is 1.